The molecule has 1 aliphatic heterocycles. The van der Waals surface area contributed by atoms with E-state index in [0.717, 1.165) is 36.8 Å². The number of likely N-dealkylation sites (tertiary alicyclic amines) is 1. The maximum absolute atomic E-state index is 12.8. The molecule has 8 nitrogen and oxygen atoms in total. The number of carbonyl (C=O) groups is 1. The highest BCUT2D eigenvalue weighted by Crippen LogP contribution is 2.25. The van der Waals surface area contributed by atoms with E-state index in [4.69, 9.17) is 0 Å². The molecule has 1 fully saturated rings. The van der Waals surface area contributed by atoms with Crippen molar-refractivity contribution in [2.45, 2.75) is 63.7 Å². The summed E-state index contributed by atoms with van der Waals surface area (Å²) >= 11 is 1.35. The standard InChI is InChI=1S/C19H29N5O3S/c1-5-10-24-15-16(21(3)19(27)22(4)17(15)26)20-18(24)28-12-14(25)23-11-8-7-9-13(23)6-2/h13H,5-12H2,1-4H3/t13-/m1/s1. The summed E-state index contributed by atoms with van der Waals surface area (Å²) in [5.74, 6) is 0.408. The average Bonchev–Trinajstić information content (AvgIpc) is 3.07. The number of hydrogen-bond donors (Lipinski definition) is 0. The number of carbonyl (C=O) groups excluding carboxylic acids is 1. The number of imidazole rings is 1. The monoisotopic (exact) mass is 407 g/mol. The summed E-state index contributed by atoms with van der Waals surface area (Å²) in [6.45, 7) is 5.58. The van der Waals surface area contributed by atoms with Crippen LogP contribution in [0.15, 0.2) is 14.7 Å². The molecule has 0 aliphatic carbocycles. The Morgan fingerprint density at radius 1 is 1.18 bits per heavy atom. The fourth-order valence-corrected chi connectivity index (χ4v) is 4.84. The van der Waals surface area contributed by atoms with Crippen molar-refractivity contribution in [3.05, 3.63) is 20.8 Å². The molecule has 3 heterocycles. The second kappa shape index (κ2) is 8.55. The van der Waals surface area contributed by atoms with Crippen LogP contribution in [0, 0.1) is 0 Å². The summed E-state index contributed by atoms with van der Waals surface area (Å²) < 4.78 is 4.35. The summed E-state index contributed by atoms with van der Waals surface area (Å²) in [5, 5.41) is 0.619. The molecule has 9 heteroatoms. The van der Waals surface area contributed by atoms with Gasteiger partial charge in [0, 0.05) is 33.2 Å². The first-order valence-electron chi connectivity index (χ1n) is 9.99. The third-order valence-corrected chi connectivity index (χ3v) is 6.46. The number of rotatable bonds is 6. The van der Waals surface area contributed by atoms with Gasteiger partial charge in [-0.1, -0.05) is 25.6 Å². The zero-order chi connectivity index (χ0) is 20.4. The Kier molecular flexibility index (Phi) is 6.32. The number of piperidine rings is 1. The molecule has 1 atom stereocenters. The van der Waals surface area contributed by atoms with Gasteiger partial charge in [0.2, 0.25) is 5.91 Å². The molecule has 1 saturated heterocycles. The van der Waals surface area contributed by atoms with Crippen LogP contribution in [-0.2, 0) is 25.4 Å². The zero-order valence-electron chi connectivity index (χ0n) is 17.1. The number of amides is 1. The number of thioether (sulfide) groups is 1. The van der Waals surface area contributed by atoms with E-state index in [1.54, 1.807) is 7.05 Å². The molecule has 0 N–H and O–H groups in total. The predicted molar refractivity (Wildman–Crippen MR) is 111 cm³/mol. The second-order valence-corrected chi connectivity index (χ2v) is 8.30. The van der Waals surface area contributed by atoms with Gasteiger partial charge in [-0.25, -0.2) is 9.78 Å². The minimum Gasteiger partial charge on any atom is -0.339 e. The lowest BCUT2D eigenvalue weighted by Gasteiger charge is -2.35. The van der Waals surface area contributed by atoms with E-state index >= 15 is 0 Å². The minimum atomic E-state index is -0.398. The van der Waals surface area contributed by atoms with Gasteiger partial charge in [-0.3, -0.25) is 18.7 Å². The molecule has 154 valence electrons. The summed E-state index contributed by atoms with van der Waals surface area (Å²) in [4.78, 5) is 44.3. The van der Waals surface area contributed by atoms with Gasteiger partial charge in [0.05, 0.1) is 5.75 Å². The molecule has 28 heavy (non-hydrogen) atoms. The topological polar surface area (TPSA) is 82.1 Å². The van der Waals surface area contributed by atoms with Gasteiger partial charge in [0.15, 0.2) is 16.3 Å². The lowest BCUT2D eigenvalue weighted by Crippen LogP contribution is -2.44. The molecule has 1 amide bonds. The van der Waals surface area contributed by atoms with Crippen LogP contribution in [0.2, 0.25) is 0 Å². The highest BCUT2D eigenvalue weighted by Gasteiger charge is 2.26. The van der Waals surface area contributed by atoms with Gasteiger partial charge in [-0.2, -0.15) is 0 Å². The number of aromatic nitrogens is 4. The number of aryl methyl sites for hydroxylation is 2. The molecular weight excluding hydrogens is 378 g/mol. The highest BCUT2D eigenvalue weighted by atomic mass is 32.2. The van der Waals surface area contributed by atoms with Crippen molar-refractivity contribution in [2.24, 2.45) is 14.1 Å². The highest BCUT2D eigenvalue weighted by molar-refractivity contribution is 7.99. The molecule has 3 rings (SSSR count). The van der Waals surface area contributed by atoms with Crippen molar-refractivity contribution in [2.75, 3.05) is 12.3 Å². The molecule has 0 spiro atoms. The molecule has 0 aromatic carbocycles. The quantitative estimate of drug-likeness (QED) is 0.681. The van der Waals surface area contributed by atoms with Crippen LogP contribution < -0.4 is 11.2 Å². The van der Waals surface area contributed by atoms with Crippen LogP contribution in [-0.4, -0.2) is 47.8 Å². The Morgan fingerprint density at radius 3 is 2.61 bits per heavy atom. The minimum absolute atomic E-state index is 0.119. The number of fused-ring (bicyclic) bond motifs is 1. The Hall–Kier alpha value is -2.03. The maximum atomic E-state index is 12.8. The van der Waals surface area contributed by atoms with Gasteiger partial charge in [0.25, 0.3) is 5.56 Å². The van der Waals surface area contributed by atoms with E-state index in [0.29, 0.717) is 28.9 Å². The largest absolute Gasteiger partial charge is 0.339 e. The first kappa shape index (κ1) is 20.7. The van der Waals surface area contributed by atoms with E-state index in [1.807, 2.05) is 16.4 Å². The SMILES string of the molecule is CCCn1c(SCC(=O)N2CCCC[C@H]2CC)nc2c1c(=O)n(C)c(=O)n2C. The first-order chi connectivity index (χ1) is 13.4. The molecule has 2 aromatic rings. The smallest absolute Gasteiger partial charge is 0.332 e. The molecular formula is C19H29N5O3S. The van der Waals surface area contributed by atoms with Crippen LogP contribution in [0.5, 0.6) is 0 Å². The second-order valence-electron chi connectivity index (χ2n) is 7.36. The zero-order valence-corrected chi connectivity index (χ0v) is 17.9. The van der Waals surface area contributed by atoms with E-state index in [9.17, 15) is 14.4 Å². The normalized spacial score (nSPS) is 17.4. The van der Waals surface area contributed by atoms with Crippen LogP contribution in [0.3, 0.4) is 0 Å². The number of nitrogens with zero attached hydrogens (tertiary/aromatic N) is 5. The summed E-state index contributed by atoms with van der Waals surface area (Å²) in [7, 11) is 3.09. The van der Waals surface area contributed by atoms with E-state index in [2.05, 4.69) is 11.9 Å². The van der Waals surface area contributed by atoms with Gasteiger partial charge < -0.3 is 9.47 Å². The van der Waals surface area contributed by atoms with Crippen LogP contribution in [0.4, 0.5) is 0 Å². The van der Waals surface area contributed by atoms with Crippen LogP contribution in [0.25, 0.3) is 11.2 Å². The van der Waals surface area contributed by atoms with Gasteiger partial charge in [0.1, 0.15) is 0 Å². The van der Waals surface area contributed by atoms with E-state index in [1.165, 1.54) is 29.8 Å². The third-order valence-electron chi connectivity index (χ3n) is 5.50. The van der Waals surface area contributed by atoms with Crippen molar-refractivity contribution < 1.29 is 4.79 Å². The van der Waals surface area contributed by atoms with Crippen molar-refractivity contribution in [3.63, 3.8) is 0 Å². The predicted octanol–water partition coefficient (Wildman–Crippen LogP) is 1.73. The Labute approximate surface area is 168 Å². The lowest BCUT2D eigenvalue weighted by atomic mass is 10.0. The Bertz CT molecular complexity index is 990. The summed E-state index contributed by atoms with van der Waals surface area (Å²) in [6.07, 6.45) is 5.10. The molecule has 1 aliphatic rings. The fraction of sp³-hybridized carbons (Fsp3) is 0.684. The molecule has 2 aromatic heterocycles. The van der Waals surface area contributed by atoms with E-state index in [-0.39, 0.29) is 17.2 Å². The van der Waals surface area contributed by atoms with Crippen LogP contribution >= 0.6 is 11.8 Å². The molecule has 0 radical (unpaired) electrons. The van der Waals surface area contributed by atoms with Gasteiger partial charge >= 0.3 is 5.69 Å². The molecule has 0 unspecified atom stereocenters. The fourth-order valence-electron chi connectivity index (χ4n) is 3.93. The Balaban J connectivity index is 1.92. The molecule has 0 bridgehead atoms. The maximum Gasteiger partial charge on any atom is 0.332 e. The number of hydrogen-bond acceptors (Lipinski definition) is 5. The lowest BCUT2D eigenvalue weighted by molar-refractivity contribution is -0.132. The third kappa shape index (κ3) is 3.64. The van der Waals surface area contributed by atoms with Crippen molar-refractivity contribution in [1.29, 1.82) is 0 Å². The first-order valence-corrected chi connectivity index (χ1v) is 11.0. The van der Waals surface area contributed by atoms with Crippen molar-refractivity contribution >= 4 is 28.8 Å². The van der Waals surface area contributed by atoms with Crippen LogP contribution in [0.1, 0.15) is 46.0 Å². The van der Waals surface area contributed by atoms with Crippen molar-refractivity contribution in [3.8, 4) is 0 Å². The van der Waals surface area contributed by atoms with Gasteiger partial charge in [-0.15, -0.1) is 0 Å². The summed E-state index contributed by atoms with van der Waals surface area (Å²) in [6, 6.07) is 0.324. The van der Waals surface area contributed by atoms with E-state index < -0.39 is 5.69 Å². The Morgan fingerprint density at radius 2 is 1.93 bits per heavy atom. The van der Waals surface area contributed by atoms with Crippen molar-refractivity contribution in [1.82, 2.24) is 23.6 Å². The molecule has 0 saturated carbocycles. The average molecular weight is 408 g/mol. The summed E-state index contributed by atoms with van der Waals surface area (Å²) in [5.41, 5.74) is 0.0522. The van der Waals surface area contributed by atoms with Gasteiger partial charge in [-0.05, 0) is 32.1 Å².